The fourth-order valence-corrected chi connectivity index (χ4v) is 1.83. The maximum absolute atomic E-state index is 11.7. The van der Waals surface area contributed by atoms with Crippen LogP contribution in [0, 0.1) is 5.92 Å². The van der Waals surface area contributed by atoms with E-state index >= 15 is 0 Å². The molecule has 3 nitrogen and oxygen atoms in total. The molecule has 0 N–H and O–H groups in total. The smallest absolute Gasteiger partial charge is 0.233 e. The van der Waals surface area contributed by atoms with Crippen LogP contribution in [0.5, 0.6) is 0 Å². The van der Waals surface area contributed by atoms with Gasteiger partial charge in [-0.15, -0.1) is 0 Å². The monoisotopic (exact) mass is 183 g/mol. The molecule has 2 amide bonds. The number of amides is 2. The van der Waals surface area contributed by atoms with Crippen molar-refractivity contribution in [3.8, 4) is 0 Å². The number of rotatable bonds is 3. The van der Waals surface area contributed by atoms with Gasteiger partial charge in [0.05, 0.1) is 0 Å². The van der Waals surface area contributed by atoms with Crippen molar-refractivity contribution < 1.29 is 9.59 Å². The van der Waals surface area contributed by atoms with E-state index in [1.807, 2.05) is 20.8 Å². The summed E-state index contributed by atoms with van der Waals surface area (Å²) in [5.74, 6) is -0.0137. The van der Waals surface area contributed by atoms with Crippen molar-refractivity contribution >= 4 is 11.8 Å². The number of likely N-dealkylation sites (tertiary alicyclic amines) is 1. The van der Waals surface area contributed by atoms with Crippen molar-refractivity contribution in [2.24, 2.45) is 5.92 Å². The highest BCUT2D eigenvalue weighted by molar-refractivity contribution is 6.03. The fourth-order valence-electron chi connectivity index (χ4n) is 1.83. The molecule has 0 aromatic carbocycles. The molecular formula is C10H17NO2. The number of carbonyl (C=O) groups excluding carboxylic acids is 2. The van der Waals surface area contributed by atoms with Crippen LogP contribution >= 0.6 is 0 Å². The number of carbonyl (C=O) groups is 2. The largest absolute Gasteiger partial charge is 0.280 e. The topological polar surface area (TPSA) is 37.4 Å². The Balaban J connectivity index is 2.70. The number of hydrogen-bond acceptors (Lipinski definition) is 2. The summed E-state index contributed by atoms with van der Waals surface area (Å²) in [6.07, 6.45) is 2.23. The summed E-state index contributed by atoms with van der Waals surface area (Å²) in [6, 6.07) is 0.0156. The number of hydrogen-bond donors (Lipinski definition) is 0. The summed E-state index contributed by atoms with van der Waals surface area (Å²) in [4.78, 5) is 24.5. The van der Waals surface area contributed by atoms with Crippen molar-refractivity contribution in [2.75, 3.05) is 0 Å². The number of imide groups is 1. The SMILES string of the molecule is CCC[C@H]1CC(=O)N(C(C)C)C1=O. The van der Waals surface area contributed by atoms with Crippen LogP contribution in [0.4, 0.5) is 0 Å². The average molecular weight is 183 g/mol. The highest BCUT2D eigenvalue weighted by Gasteiger charge is 2.38. The second kappa shape index (κ2) is 3.90. The van der Waals surface area contributed by atoms with Gasteiger partial charge in [0.15, 0.2) is 0 Å². The van der Waals surface area contributed by atoms with Crippen molar-refractivity contribution in [2.45, 2.75) is 46.1 Å². The molecule has 1 aliphatic heterocycles. The molecule has 0 aromatic rings. The summed E-state index contributed by atoms with van der Waals surface area (Å²) in [5.41, 5.74) is 0. The molecule has 0 saturated carbocycles. The summed E-state index contributed by atoms with van der Waals surface area (Å²) in [5, 5.41) is 0. The van der Waals surface area contributed by atoms with Gasteiger partial charge in [-0.05, 0) is 20.3 Å². The molecule has 0 radical (unpaired) electrons. The first-order valence-corrected chi connectivity index (χ1v) is 4.93. The van der Waals surface area contributed by atoms with Gasteiger partial charge in [-0.3, -0.25) is 14.5 Å². The highest BCUT2D eigenvalue weighted by atomic mass is 16.2. The van der Waals surface area contributed by atoms with Crippen LogP contribution < -0.4 is 0 Å². The third kappa shape index (κ3) is 1.90. The van der Waals surface area contributed by atoms with Crippen LogP contribution in [0.15, 0.2) is 0 Å². The molecule has 1 rings (SSSR count). The Kier molecular flexibility index (Phi) is 3.07. The Labute approximate surface area is 79.1 Å². The van der Waals surface area contributed by atoms with Crippen LogP contribution in [0.2, 0.25) is 0 Å². The Morgan fingerprint density at radius 3 is 2.46 bits per heavy atom. The third-order valence-electron chi connectivity index (χ3n) is 2.43. The van der Waals surface area contributed by atoms with E-state index in [1.54, 1.807) is 0 Å². The van der Waals surface area contributed by atoms with Gasteiger partial charge in [0.25, 0.3) is 0 Å². The zero-order valence-corrected chi connectivity index (χ0v) is 8.54. The van der Waals surface area contributed by atoms with Gasteiger partial charge >= 0.3 is 0 Å². The first-order valence-electron chi connectivity index (χ1n) is 4.93. The lowest BCUT2D eigenvalue weighted by Crippen LogP contribution is -2.36. The van der Waals surface area contributed by atoms with Crippen molar-refractivity contribution in [3.63, 3.8) is 0 Å². The number of nitrogens with zero attached hydrogens (tertiary/aromatic N) is 1. The van der Waals surface area contributed by atoms with E-state index in [9.17, 15) is 9.59 Å². The summed E-state index contributed by atoms with van der Waals surface area (Å²) in [6.45, 7) is 5.80. The lowest BCUT2D eigenvalue weighted by molar-refractivity contribution is -0.141. The predicted octanol–water partition coefficient (Wildman–Crippen LogP) is 1.57. The summed E-state index contributed by atoms with van der Waals surface area (Å²) in [7, 11) is 0. The Hall–Kier alpha value is -0.860. The van der Waals surface area contributed by atoms with Crippen LogP contribution in [-0.2, 0) is 9.59 Å². The van der Waals surface area contributed by atoms with Gasteiger partial charge in [-0.2, -0.15) is 0 Å². The molecule has 0 bridgehead atoms. The molecule has 0 unspecified atom stereocenters. The summed E-state index contributed by atoms with van der Waals surface area (Å²) >= 11 is 0. The minimum absolute atomic E-state index is 0.00144. The molecule has 0 spiro atoms. The summed E-state index contributed by atoms with van der Waals surface area (Å²) < 4.78 is 0. The Morgan fingerprint density at radius 1 is 1.46 bits per heavy atom. The van der Waals surface area contributed by atoms with Crippen molar-refractivity contribution in [3.05, 3.63) is 0 Å². The van der Waals surface area contributed by atoms with E-state index < -0.39 is 0 Å². The quantitative estimate of drug-likeness (QED) is 0.623. The zero-order chi connectivity index (χ0) is 10.0. The van der Waals surface area contributed by atoms with Gasteiger partial charge in [-0.25, -0.2) is 0 Å². The van der Waals surface area contributed by atoms with E-state index in [2.05, 4.69) is 0 Å². The Bertz CT molecular complexity index is 223. The normalized spacial score (nSPS) is 23.4. The fraction of sp³-hybridized carbons (Fsp3) is 0.800. The van der Waals surface area contributed by atoms with E-state index in [1.165, 1.54) is 4.90 Å². The second-order valence-electron chi connectivity index (χ2n) is 3.89. The molecule has 0 aliphatic carbocycles. The molecule has 1 atom stereocenters. The van der Waals surface area contributed by atoms with Crippen LogP contribution in [-0.4, -0.2) is 22.8 Å². The minimum atomic E-state index is -0.0418. The van der Waals surface area contributed by atoms with E-state index in [0.29, 0.717) is 6.42 Å². The molecule has 1 aliphatic rings. The van der Waals surface area contributed by atoms with Gasteiger partial charge < -0.3 is 0 Å². The second-order valence-corrected chi connectivity index (χ2v) is 3.89. The zero-order valence-electron chi connectivity index (χ0n) is 8.54. The van der Waals surface area contributed by atoms with E-state index in [4.69, 9.17) is 0 Å². The maximum Gasteiger partial charge on any atom is 0.233 e. The Morgan fingerprint density at radius 2 is 2.08 bits per heavy atom. The van der Waals surface area contributed by atoms with Crippen LogP contribution in [0.1, 0.15) is 40.0 Å². The highest BCUT2D eigenvalue weighted by Crippen LogP contribution is 2.25. The van der Waals surface area contributed by atoms with Gasteiger partial charge in [-0.1, -0.05) is 13.3 Å². The van der Waals surface area contributed by atoms with Crippen molar-refractivity contribution in [1.29, 1.82) is 0 Å². The average Bonchev–Trinajstić information content (AvgIpc) is 2.28. The first kappa shape index (κ1) is 10.2. The molecular weight excluding hydrogens is 166 g/mol. The minimum Gasteiger partial charge on any atom is -0.280 e. The molecule has 13 heavy (non-hydrogen) atoms. The van der Waals surface area contributed by atoms with Crippen molar-refractivity contribution in [1.82, 2.24) is 4.90 Å². The molecule has 74 valence electrons. The third-order valence-corrected chi connectivity index (χ3v) is 2.43. The van der Waals surface area contributed by atoms with E-state index in [0.717, 1.165) is 12.8 Å². The predicted molar refractivity (Wildman–Crippen MR) is 50.0 cm³/mol. The molecule has 0 aromatic heterocycles. The first-order chi connectivity index (χ1) is 6.07. The van der Waals surface area contributed by atoms with Crippen LogP contribution in [0.25, 0.3) is 0 Å². The molecule has 1 saturated heterocycles. The molecule has 1 fully saturated rings. The lowest BCUT2D eigenvalue weighted by atomic mass is 10.0. The van der Waals surface area contributed by atoms with Crippen LogP contribution in [0.3, 0.4) is 0 Å². The standard InChI is InChI=1S/C10H17NO2/c1-4-5-8-6-9(12)11(7(2)3)10(8)13/h7-8H,4-6H2,1-3H3/t8-/m0/s1. The van der Waals surface area contributed by atoms with Gasteiger partial charge in [0.2, 0.25) is 11.8 Å². The maximum atomic E-state index is 11.7. The lowest BCUT2D eigenvalue weighted by Gasteiger charge is -2.18. The van der Waals surface area contributed by atoms with Gasteiger partial charge in [0.1, 0.15) is 0 Å². The molecule has 3 heteroatoms. The van der Waals surface area contributed by atoms with Gasteiger partial charge in [0, 0.05) is 18.4 Å². The molecule has 1 heterocycles. The van der Waals surface area contributed by atoms with E-state index in [-0.39, 0.29) is 23.8 Å².